The minimum atomic E-state index is -0.299. The van der Waals surface area contributed by atoms with Crippen LogP contribution in [0.1, 0.15) is 44.1 Å². The number of hydrogen-bond acceptors (Lipinski definition) is 3. The maximum atomic E-state index is 13.3. The molecule has 0 unspecified atom stereocenters. The largest absolute Gasteiger partial charge is 0.342 e. The number of carbonyl (C=O) groups is 2. The molecule has 2 aliphatic heterocycles. The fourth-order valence-corrected chi connectivity index (χ4v) is 4.76. The Morgan fingerprint density at radius 3 is 2.04 bits per heavy atom. The van der Waals surface area contributed by atoms with Crippen LogP contribution in [-0.4, -0.2) is 72.3 Å². The number of benzene rings is 1. The molecule has 3 fully saturated rings. The molecule has 1 aromatic carbocycles. The highest BCUT2D eigenvalue weighted by Gasteiger charge is 2.47. The summed E-state index contributed by atoms with van der Waals surface area (Å²) in [6, 6.07) is 10.3. The Labute approximate surface area is 162 Å². The zero-order valence-electron chi connectivity index (χ0n) is 16.2. The van der Waals surface area contributed by atoms with Gasteiger partial charge in [0.2, 0.25) is 11.8 Å². The van der Waals surface area contributed by atoms with Gasteiger partial charge in [-0.3, -0.25) is 14.5 Å². The van der Waals surface area contributed by atoms with Gasteiger partial charge < -0.3 is 9.80 Å². The van der Waals surface area contributed by atoms with Gasteiger partial charge in [0.1, 0.15) is 0 Å². The van der Waals surface area contributed by atoms with E-state index in [4.69, 9.17) is 0 Å². The fraction of sp³-hybridized carbons (Fsp3) is 0.636. The molecule has 0 atom stereocenters. The van der Waals surface area contributed by atoms with Gasteiger partial charge in [0.25, 0.3) is 0 Å². The van der Waals surface area contributed by atoms with E-state index in [9.17, 15) is 9.59 Å². The van der Waals surface area contributed by atoms with Crippen molar-refractivity contribution in [3.8, 4) is 0 Å². The van der Waals surface area contributed by atoms with E-state index in [2.05, 4.69) is 17.0 Å². The molecule has 5 heteroatoms. The van der Waals surface area contributed by atoms with Gasteiger partial charge in [0, 0.05) is 39.3 Å². The summed E-state index contributed by atoms with van der Waals surface area (Å²) in [5.41, 5.74) is 0.872. The Morgan fingerprint density at radius 2 is 1.44 bits per heavy atom. The molecule has 0 aromatic heterocycles. The summed E-state index contributed by atoms with van der Waals surface area (Å²) in [5.74, 6) is 0.552. The number of carbonyl (C=O) groups excluding carboxylic acids is 2. The summed E-state index contributed by atoms with van der Waals surface area (Å²) in [6.07, 6.45) is 6.57. The van der Waals surface area contributed by atoms with Gasteiger partial charge in [-0.25, -0.2) is 0 Å². The lowest BCUT2D eigenvalue weighted by Crippen LogP contribution is -2.57. The van der Waals surface area contributed by atoms with E-state index in [1.165, 1.54) is 12.0 Å². The highest BCUT2D eigenvalue weighted by atomic mass is 16.2. The summed E-state index contributed by atoms with van der Waals surface area (Å²) in [6.45, 7) is 5.41. The maximum absolute atomic E-state index is 13.3. The van der Waals surface area contributed by atoms with Crippen LogP contribution in [0.5, 0.6) is 0 Å². The van der Waals surface area contributed by atoms with E-state index >= 15 is 0 Å². The molecule has 27 heavy (non-hydrogen) atoms. The molecule has 0 bridgehead atoms. The third-order valence-corrected chi connectivity index (χ3v) is 6.67. The van der Waals surface area contributed by atoms with Crippen LogP contribution in [0.3, 0.4) is 0 Å². The predicted octanol–water partition coefficient (Wildman–Crippen LogP) is 2.27. The molecule has 3 aliphatic rings. The lowest BCUT2D eigenvalue weighted by molar-refractivity contribution is -0.143. The van der Waals surface area contributed by atoms with Crippen LogP contribution in [0.15, 0.2) is 30.3 Å². The summed E-state index contributed by atoms with van der Waals surface area (Å²) in [4.78, 5) is 32.1. The number of nitrogens with zero attached hydrogens (tertiary/aromatic N) is 3. The van der Waals surface area contributed by atoms with Crippen molar-refractivity contribution >= 4 is 11.8 Å². The van der Waals surface area contributed by atoms with E-state index in [0.717, 1.165) is 71.4 Å². The van der Waals surface area contributed by atoms with Crippen LogP contribution < -0.4 is 0 Å². The third kappa shape index (κ3) is 3.75. The average molecular weight is 370 g/mol. The van der Waals surface area contributed by atoms with E-state index in [0.29, 0.717) is 12.5 Å². The molecule has 2 heterocycles. The minimum absolute atomic E-state index is 0.259. The lowest BCUT2D eigenvalue weighted by Gasteiger charge is -2.46. The Bertz CT molecular complexity index is 657. The third-order valence-electron chi connectivity index (χ3n) is 6.67. The Balaban J connectivity index is 1.32. The van der Waals surface area contributed by atoms with E-state index < -0.39 is 0 Å². The number of hydrogen-bond donors (Lipinski definition) is 0. The molecular weight excluding hydrogens is 338 g/mol. The van der Waals surface area contributed by atoms with E-state index in [1.807, 2.05) is 28.0 Å². The number of rotatable bonds is 4. The number of piperazine rings is 1. The van der Waals surface area contributed by atoms with E-state index in [1.54, 1.807) is 0 Å². The molecule has 1 saturated carbocycles. The standard InChI is InChI=1S/C22H31N3O2/c26-20(24-12-5-2-6-13-24)18-23-14-16-25(17-15-23)21(27)22(10-7-11-22)19-8-3-1-4-9-19/h1,3-4,8-9H,2,5-7,10-18H2. The summed E-state index contributed by atoms with van der Waals surface area (Å²) in [5, 5.41) is 0. The first-order valence-corrected chi connectivity index (χ1v) is 10.5. The molecule has 0 N–H and O–H groups in total. The average Bonchev–Trinajstić information content (AvgIpc) is 2.69. The summed E-state index contributed by atoms with van der Waals surface area (Å²) in [7, 11) is 0. The van der Waals surface area contributed by atoms with Crippen LogP contribution in [0.25, 0.3) is 0 Å². The quantitative estimate of drug-likeness (QED) is 0.818. The SMILES string of the molecule is O=C(CN1CCN(C(=O)C2(c3ccccc3)CCC2)CC1)N1CCCCC1. The normalized spacial score (nSPS) is 23.0. The second-order valence-electron chi connectivity index (χ2n) is 8.31. The van der Waals surface area contributed by atoms with Crippen LogP contribution in [-0.2, 0) is 15.0 Å². The van der Waals surface area contributed by atoms with Crippen molar-refractivity contribution in [1.29, 1.82) is 0 Å². The number of piperidine rings is 1. The van der Waals surface area contributed by atoms with Crippen molar-refractivity contribution < 1.29 is 9.59 Å². The lowest BCUT2D eigenvalue weighted by atomic mass is 9.63. The van der Waals surface area contributed by atoms with Gasteiger partial charge in [0.05, 0.1) is 12.0 Å². The van der Waals surface area contributed by atoms with Gasteiger partial charge >= 0.3 is 0 Å². The number of amides is 2. The molecular formula is C22H31N3O2. The van der Waals surface area contributed by atoms with Gasteiger partial charge in [0.15, 0.2) is 0 Å². The predicted molar refractivity (Wildman–Crippen MR) is 105 cm³/mol. The topological polar surface area (TPSA) is 43.9 Å². The maximum Gasteiger partial charge on any atom is 0.236 e. The van der Waals surface area contributed by atoms with Crippen molar-refractivity contribution in [3.63, 3.8) is 0 Å². The van der Waals surface area contributed by atoms with Gasteiger partial charge in [-0.2, -0.15) is 0 Å². The van der Waals surface area contributed by atoms with Crippen LogP contribution in [0.4, 0.5) is 0 Å². The first-order chi connectivity index (χ1) is 13.2. The molecule has 2 amide bonds. The Morgan fingerprint density at radius 1 is 0.778 bits per heavy atom. The first-order valence-electron chi connectivity index (χ1n) is 10.5. The molecule has 146 valence electrons. The molecule has 5 nitrogen and oxygen atoms in total. The molecule has 0 radical (unpaired) electrons. The minimum Gasteiger partial charge on any atom is -0.342 e. The second-order valence-corrected chi connectivity index (χ2v) is 8.31. The van der Waals surface area contributed by atoms with Gasteiger partial charge in [-0.05, 0) is 37.7 Å². The van der Waals surface area contributed by atoms with Crippen molar-refractivity contribution in [2.75, 3.05) is 45.8 Å². The first kappa shape index (κ1) is 18.5. The zero-order valence-corrected chi connectivity index (χ0v) is 16.2. The van der Waals surface area contributed by atoms with Crippen LogP contribution in [0.2, 0.25) is 0 Å². The van der Waals surface area contributed by atoms with Crippen molar-refractivity contribution in [2.24, 2.45) is 0 Å². The van der Waals surface area contributed by atoms with Crippen molar-refractivity contribution in [2.45, 2.75) is 43.9 Å². The zero-order chi connectivity index (χ0) is 18.7. The fourth-order valence-electron chi connectivity index (χ4n) is 4.76. The molecule has 1 aromatic rings. The second kappa shape index (κ2) is 8.01. The smallest absolute Gasteiger partial charge is 0.236 e. The molecule has 1 aliphatic carbocycles. The monoisotopic (exact) mass is 369 g/mol. The van der Waals surface area contributed by atoms with Crippen LogP contribution >= 0.6 is 0 Å². The highest BCUT2D eigenvalue weighted by molar-refractivity contribution is 5.89. The highest BCUT2D eigenvalue weighted by Crippen LogP contribution is 2.45. The Hall–Kier alpha value is -1.88. The van der Waals surface area contributed by atoms with Crippen molar-refractivity contribution in [3.05, 3.63) is 35.9 Å². The molecule has 2 saturated heterocycles. The summed E-state index contributed by atoms with van der Waals surface area (Å²) < 4.78 is 0. The van der Waals surface area contributed by atoms with Gasteiger partial charge in [-0.1, -0.05) is 36.8 Å². The molecule has 4 rings (SSSR count). The van der Waals surface area contributed by atoms with Crippen molar-refractivity contribution in [1.82, 2.24) is 14.7 Å². The van der Waals surface area contributed by atoms with Gasteiger partial charge in [-0.15, -0.1) is 0 Å². The Kier molecular flexibility index (Phi) is 5.48. The number of likely N-dealkylation sites (tertiary alicyclic amines) is 1. The van der Waals surface area contributed by atoms with Crippen LogP contribution in [0, 0.1) is 0 Å². The molecule has 0 spiro atoms. The summed E-state index contributed by atoms with van der Waals surface area (Å²) >= 11 is 0. The van der Waals surface area contributed by atoms with E-state index in [-0.39, 0.29) is 11.3 Å².